The van der Waals surface area contributed by atoms with Gasteiger partial charge in [-0.05, 0) is 33.2 Å². The van der Waals surface area contributed by atoms with Crippen molar-refractivity contribution in [3.63, 3.8) is 0 Å². The molecule has 96 valence electrons. The van der Waals surface area contributed by atoms with E-state index in [1.54, 1.807) is 7.11 Å². The molecule has 0 aliphatic carbocycles. The lowest BCUT2D eigenvalue weighted by Crippen LogP contribution is -2.50. The maximum atomic E-state index is 11.7. The Labute approximate surface area is 104 Å². The highest BCUT2D eigenvalue weighted by Crippen LogP contribution is 2.08. The molecule has 16 heavy (non-hydrogen) atoms. The average Bonchev–Trinajstić information content (AvgIpc) is 2.27. The summed E-state index contributed by atoms with van der Waals surface area (Å²) in [5.41, 5.74) is -0.287. The lowest BCUT2D eigenvalue weighted by Gasteiger charge is -2.26. The third kappa shape index (κ3) is 5.14. The number of hydrogen-bond donors (Lipinski definition) is 2. The minimum absolute atomic E-state index is 0. The van der Waals surface area contributed by atoms with Crippen molar-refractivity contribution in [2.45, 2.75) is 44.8 Å². The fourth-order valence-electron chi connectivity index (χ4n) is 1.57. The predicted molar refractivity (Wildman–Crippen MR) is 67.0 cm³/mol. The van der Waals surface area contributed by atoms with Crippen LogP contribution in [0.3, 0.4) is 0 Å². The van der Waals surface area contributed by atoms with E-state index in [2.05, 4.69) is 10.6 Å². The van der Waals surface area contributed by atoms with E-state index in [1.165, 1.54) is 6.42 Å². The van der Waals surface area contributed by atoms with E-state index < -0.39 is 0 Å². The molecule has 0 aromatic carbocycles. The van der Waals surface area contributed by atoms with Gasteiger partial charge in [0.1, 0.15) is 0 Å². The fourth-order valence-corrected chi connectivity index (χ4v) is 1.57. The first kappa shape index (κ1) is 15.7. The van der Waals surface area contributed by atoms with Crippen molar-refractivity contribution >= 4 is 18.3 Å². The highest BCUT2D eigenvalue weighted by molar-refractivity contribution is 5.85. The number of hydrogen-bond acceptors (Lipinski definition) is 3. The summed E-state index contributed by atoms with van der Waals surface area (Å²) in [6, 6.07) is -0.00796. The van der Waals surface area contributed by atoms with Gasteiger partial charge in [-0.25, -0.2) is 0 Å². The van der Waals surface area contributed by atoms with Crippen LogP contribution in [0.1, 0.15) is 33.1 Å². The van der Waals surface area contributed by atoms with Crippen LogP contribution in [0.15, 0.2) is 0 Å². The summed E-state index contributed by atoms with van der Waals surface area (Å²) in [6.45, 7) is 5.43. The minimum atomic E-state index is -0.287. The second-order valence-corrected chi connectivity index (χ2v) is 4.68. The molecule has 0 spiro atoms. The summed E-state index contributed by atoms with van der Waals surface area (Å²) in [5.74, 6) is 0.0971. The number of nitrogens with one attached hydrogen (secondary N) is 2. The van der Waals surface area contributed by atoms with E-state index in [0.717, 1.165) is 19.4 Å². The molecule has 4 nitrogen and oxygen atoms in total. The molecular weight excluding hydrogens is 228 g/mol. The molecule has 0 bridgehead atoms. The molecule has 1 atom stereocenters. The largest absolute Gasteiger partial charge is 0.377 e. The summed E-state index contributed by atoms with van der Waals surface area (Å²) in [4.78, 5) is 11.7. The Bertz CT molecular complexity index is 216. The van der Waals surface area contributed by atoms with E-state index in [1.807, 2.05) is 13.8 Å². The summed E-state index contributed by atoms with van der Waals surface area (Å²) >= 11 is 0. The lowest BCUT2D eigenvalue weighted by molar-refractivity contribution is -0.124. The lowest BCUT2D eigenvalue weighted by atomic mass is 10.0. The van der Waals surface area contributed by atoms with E-state index >= 15 is 0 Å². The maximum Gasteiger partial charge on any atom is 0.237 e. The van der Waals surface area contributed by atoms with Crippen molar-refractivity contribution < 1.29 is 9.53 Å². The van der Waals surface area contributed by atoms with Crippen LogP contribution in [0.5, 0.6) is 0 Å². The van der Waals surface area contributed by atoms with Crippen LogP contribution in [0, 0.1) is 0 Å². The van der Waals surface area contributed by atoms with Crippen molar-refractivity contribution in [2.75, 3.05) is 20.2 Å². The molecule has 0 radical (unpaired) electrons. The standard InChI is InChI=1S/C11H22N2O2.ClH/c1-11(2,15-3)8-13-10(14)9-6-4-5-7-12-9;/h9,12H,4-8H2,1-3H3,(H,13,14);1H. The summed E-state index contributed by atoms with van der Waals surface area (Å²) in [5, 5.41) is 6.14. The van der Waals surface area contributed by atoms with Crippen molar-refractivity contribution in [1.82, 2.24) is 10.6 Å². The molecular formula is C11H23ClN2O2. The number of piperidine rings is 1. The summed E-state index contributed by atoms with van der Waals surface area (Å²) < 4.78 is 5.24. The Kier molecular flexibility index (Phi) is 6.95. The number of rotatable bonds is 4. The zero-order chi connectivity index (χ0) is 11.3. The van der Waals surface area contributed by atoms with Gasteiger partial charge in [0.25, 0.3) is 0 Å². The monoisotopic (exact) mass is 250 g/mol. The first-order valence-corrected chi connectivity index (χ1v) is 5.61. The van der Waals surface area contributed by atoms with Crippen molar-refractivity contribution in [1.29, 1.82) is 0 Å². The molecule has 1 fully saturated rings. The van der Waals surface area contributed by atoms with Gasteiger partial charge in [0.05, 0.1) is 11.6 Å². The van der Waals surface area contributed by atoms with Crippen LogP contribution in [-0.2, 0) is 9.53 Å². The fraction of sp³-hybridized carbons (Fsp3) is 0.909. The second kappa shape index (κ2) is 7.09. The number of halogens is 1. The number of methoxy groups -OCH3 is 1. The van der Waals surface area contributed by atoms with Crippen LogP contribution in [0.2, 0.25) is 0 Å². The van der Waals surface area contributed by atoms with Crippen molar-refractivity contribution in [3.05, 3.63) is 0 Å². The van der Waals surface area contributed by atoms with Gasteiger partial charge < -0.3 is 15.4 Å². The highest BCUT2D eigenvalue weighted by Gasteiger charge is 2.23. The first-order chi connectivity index (χ1) is 7.05. The molecule has 1 heterocycles. The Morgan fingerprint density at radius 1 is 1.50 bits per heavy atom. The molecule has 1 unspecified atom stereocenters. The third-order valence-electron chi connectivity index (χ3n) is 2.87. The molecule has 1 aliphatic heterocycles. The number of carbonyl (C=O) groups is 1. The average molecular weight is 251 g/mol. The van der Waals surface area contributed by atoms with Gasteiger partial charge >= 0.3 is 0 Å². The molecule has 1 amide bonds. The van der Waals surface area contributed by atoms with Crippen LogP contribution >= 0.6 is 12.4 Å². The van der Waals surface area contributed by atoms with Crippen LogP contribution in [-0.4, -0.2) is 37.7 Å². The molecule has 0 saturated carbocycles. The highest BCUT2D eigenvalue weighted by atomic mass is 35.5. The van der Waals surface area contributed by atoms with Gasteiger partial charge in [-0.1, -0.05) is 6.42 Å². The van der Waals surface area contributed by atoms with Crippen molar-refractivity contribution in [3.8, 4) is 0 Å². The molecule has 0 aromatic rings. The third-order valence-corrected chi connectivity index (χ3v) is 2.87. The van der Waals surface area contributed by atoms with Gasteiger partial charge in [0.2, 0.25) is 5.91 Å². The Balaban J connectivity index is 0.00000225. The van der Waals surface area contributed by atoms with E-state index in [4.69, 9.17) is 4.74 Å². The predicted octanol–water partition coefficient (Wildman–Crippen LogP) is 1.09. The molecule has 1 saturated heterocycles. The zero-order valence-corrected chi connectivity index (χ0v) is 11.2. The molecule has 5 heteroatoms. The molecule has 1 rings (SSSR count). The smallest absolute Gasteiger partial charge is 0.237 e. The first-order valence-electron chi connectivity index (χ1n) is 5.61. The molecule has 0 aromatic heterocycles. The van der Waals surface area contributed by atoms with Gasteiger partial charge in [-0.3, -0.25) is 4.79 Å². The molecule has 2 N–H and O–H groups in total. The Morgan fingerprint density at radius 2 is 2.19 bits per heavy atom. The summed E-state index contributed by atoms with van der Waals surface area (Å²) in [6.07, 6.45) is 3.26. The van der Waals surface area contributed by atoms with Gasteiger partial charge in [-0.2, -0.15) is 0 Å². The van der Waals surface area contributed by atoms with Gasteiger partial charge in [0, 0.05) is 13.7 Å². The topological polar surface area (TPSA) is 50.4 Å². The van der Waals surface area contributed by atoms with Crippen LogP contribution in [0.25, 0.3) is 0 Å². The number of carbonyl (C=O) groups excluding carboxylic acids is 1. The van der Waals surface area contributed by atoms with Crippen molar-refractivity contribution in [2.24, 2.45) is 0 Å². The van der Waals surface area contributed by atoms with E-state index in [0.29, 0.717) is 6.54 Å². The van der Waals surface area contributed by atoms with Gasteiger partial charge in [-0.15, -0.1) is 12.4 Å². The Hall–Kier alpha value is -0.320. The second-order valence-electron chi connectivity index (χ2n) is 4.68. The number of ether oxygens (including phenoxy) is 1. The zero-order valence-electron chi connectivity index (χ0n) is 10.3. The normalized spacial score (nSPS) is 21.1. The van der Waals surface area contributed by atoms with Crippen LogP contribution in [0.4, 0.5) is 0 Å². The minimum Gasteiger partial charge on any atom is -0.377 e. The van der Waals surface area contributed by atoms with Gasteiger partial charge in [0.15, 0.2) is 0 Å². The quantitative estimate of drug-likeness (QED) is 0.786. The van der Waals surface area contributed by atoms with E-state index in [9.17, 15) is 4.79 Å². The van der Waals surface area contributed by atoms with E-state index in [-0.39, 0.29) is 30.0 Å². The SMILES string of the molecule is COC(C)(C)CNC(=O)C1CCCCN1.Cl. The van der Waals surface area contributed by atoms with Crippen LogP contribution < -0.4 is 10.6 Å². The Morgan fingerprint density at radius 3 is 2.69 bits per heavy atom. The summed E-state index contributed by atoms with van der Waals surface area (Å²) in [7, 11) is 1.66. The molecule has 1 aliphatic rings. The maximum absolute atomic E-state index is 11.7. The number of amides is 1.